The van der Waals surface area contributed by atoms with Crippen LogP contribution in [0.2, 0.25) is 0 Å². The maximum atomic E-state index is 11.4. The van der Waals surface area contributed by atoms with Gasteiger partial charge in [-0.3, -0.25) is 9.69 Å². The van der Waals surface area contributed by atoms with E-state index in [1.54, 1.807) is 11.8 Å². The van der Waals surface area contributed by atoms with Gasteiger partial charge in [0.2, 0.25) is 0 Å². The van der Waals surface area contributed by atoms with E-state index < -0.39 is 11.5 Å². The smallest absolute Gasteiger partial charge is 0.325 e. The van der Waals surface area contributed by atoms with E-state index in [0.29, 0.717) is 5.92 Å². The summed E-state index contributed by atoms with van der Waals surface area (Å²) in [5, 5.41) is 9.36. The summed E-state index contributed by atoms with van der Waals surface area (Å²) in [5.74, 6) is 1.82. The van der Waals surface area contributed by atoms with Crippen molar-refractivity contribution >= 4 is 17.7 Å². The summed E-state index contributed by atoms with van der Waals surface area (Å²) in [5.41, 5.74) is -0.532. The van der Waals surface area contributed by atoms with E-state index in [2.05, 4.69) is 11.8 Å². The number of carboxylic acids is 1. The van der Waals surface area contributed by atoms with Gasteiger partial charge in [0.1, 0.15) is 5.54 Å². The molecule has 0 amide bonds. The Kier molecular flexibility index (Phi) is 2.75. The predicted octanol–water partition coefficient (Wildman–Crippen LogP) is 1.29. The summed E-state index contributed by atoms with van der Waals surface area (Å²) in [7, 11) is 0. The monoisotopic (exact) mass is 215 g/mol. The SMILES string of the molecule is CC1CCN(C2(C(=O)O)CCSC2)C1. The number of hydrogen-bond donors (Lipinski definition) is 1. The molecule has 2 rings (SSSR count). The molecule has 0 aliphatic carbocycles. The van der Waals surface area contributed by atoms with Crippen LogP contribution in [0.5, 0.6) is 0 Å². The molecule has 2 saturated heterocycles. The molecule has 2 unspecified atom stereocenters. The molecule has 14 heavy (non-hydrogen) atoms. The van der Waals surface area contributed by atoms with E-state index in [4.69, 9.17) is 0 Å². The molecule has 0 radical (unpaired) electrons. The molecule has 0 aromatic rings. The van der Waals surface area contributed by atoms with Crippen LogP contribution in [0.3, 0.4) is 0 Å². The molecule has 0 spiro atoms. The molecule has 0 aromatic heterocycles. The van der Waals surface area contributed by atoms with Gasteiger partial charge in [-0.2, -0.15) is 11.8 Å². The molecule has 2 fully saturated rings. The van der Waals surface area contributed by atoms with E-state index in [0.717, 1.165) is 37.4 Å². The predicted molar refractivity (Wildman–Crippen MR) is 57.7 cm³/mol. The third-order valence-corrected chi connectivity index (χ3v) is 4.60. The van der Waals surface area contributed by atoms with Crippen molar-refractivity contribution in [2.24, 2.45) is 5.92 Å². The molecule has 2 aliphatic rings. The van der Waals surface area contributed by atoms with Gasteiger partial charge in [-0.1, -0.05) is 6.92 Å². The van der Waals surface area contributed by atoms with Gasteiger partial charge in [-0.25, -0.2) is 0 Å². The molecule has 0 saturated carbocycles. The Morgan fingerprint density at radius 1 is 1.64 bits per heavy atom. The molecule has 1 N–H and O–H groups in total. The van der Waals surface area contributed by atoms with Gasteiger partial charge in [0, 0.05) is 12.3 Å². The molecule has 0 aromatic carbocycles. The summed E-state index contributed by atoms with van der Waals surface area (Å²) < 4.78 is 0. The van der Waals surface area contributed by atoms with E-state index in [1.165, 1.54) is 0 Å². The molecule has 2 heterocycles. The fourth-order valence-corrected chi connectivity index (χ4v) is 3.85. The summed E-state index contributed by atoms with van der Waals surface area (Å²) in [4.78, 5) is 13.6. The quantitative estimate of drug-likeness (QED) is 0.753. The molecule has 0 bridgehead atoms. The zero-order chi connectivity index (χ0) is 10.2. The Labute approximate surface area is 88.9 Å². The fourth-order valence-electron chi connectivity index (χ4n) is 2.43. The molecular weight excluding hydrogens is 198 g/mol. The normalized spacial score (nSPS) is 39.1. The van der Waals surface area contributed by atoms with Crippen LogP contribution in [-0.2, 0) is 4.79 Å². The number of nitrogens with zero attached hydrogens (tertiary/aromatic N) is 1. The average molecular weight is 215 g/mol. The molecule has 3 nitrogen and oxygen atoms in total. The summed E-state index contributed by atoms with van der Waals surface area (Å²) in [6.07, 6.45) is 1.97. The van der Waals surface area contributed by atoms with Crippen molar-refractivity contribution in [3.8, 4) is 0 Å². The number of aliphatic carboxylic acids is 1. The second kappa shape index (κ2) is 3.74. The second-order valence-electron chi connectivity index (χ2n) is 4.48. The van der Waals surface area contributed by atoms with Crippen molar-refractivity contribution in [3.05, 3.63) is 0 Å². The first-order valence-corrected chi connectivity index (χ1v) is 6.37. The van der Waals surface area contributed by atoms with Crippen LogP contribution < -0.4 is 0 Å². The second-order valence-corrected chi connectivity index (χ2v) is 5.58. The lowest BCUT2D eigenvalue weighted by atomic mass is 9.97. The Morgan fingerprint density at radius 2 is 2.43 bits per heavy atom. The van der Waals surface area contributed by atoms with Gasteiger partial charge in [-0.05, 0) is 31.1 Å². The highest BCUT2D eigenvalue weighted by atomic mass is 32.2. The van der Waals surface area contributed by atoms with Crippen molar-refractivity contribution in [1.29, 1.82) is 0 Å². The zero-order valence-corrected chi connectivity index (χ0v) is 9.35. The van der Waals surface area contributed by atoms with Crippen LogP contribution in [0, 0.1) is 5.92 Å². The lowest BCUT2D eigenvalue weighted by Crippen LogP contribution is -2.54. The molecule has 4 heteroatoms. The maximum absolute atomic E-state index is 11.4. The van der Waals surface area contributed by atoms with E-state index in [1.807, 2.05) is 0 Å². The molecule has 80 valence electrons. The zero-order valence-electron chi connectivity index (χ0n) is 8.53. The van der Waals surface area contributed by atoms with Crippen LogP contribution in [0.25, 0.3) is 0 Å². The van der Waals surface area contributed by atoms with Gasteiger partial charge in [0.05, 0.1) is 0 Å². The lowest BCUT2D eigenvalue weighted by Gasteiger charge is -2.34. The highest BCUT2D eigenvalue weighted by Gasteiger charge is 2.48. The third-order valence-electron chi connectivity index (χ3n) is 3.43. The van der Waals surface area contributed by atoms with Crippen molar-refractivity contribution < 1.29 is 9.90 Å². The standard InChI is InChI=1S/C10H17NO2S/c1-8-2-4-11(6-8)10(9(12)13)3-5-14-7-10/h8H,2-7H2,1H3,(H,12,13). The summed E-state index contributed by atoms with van der Waals surface area (Å²) in [6.45, 7) is 4.14. The van der Waals surface area contributed by atoms with Crippen LogP contribution in [0.4, 0.5) is 0 Å². The van der Waals surface area contributed by atoms with Crippen LogP contribution in [-0.4, -0.2) is 46.1 Å². The Balaban J connectivity index is 2.14. The number of carboxylic acid groups (broad SMARTS) is 1. The number of hydrogen-bond acceptors (Lipinski definition) is 3. The van der Waals surface area contributed by atoms with E-state index in [9.17, 15) is 9.90 Å². The van der Waals surface area contributed by atoms with Gasteiger partial charge < -0.3 is 5.11 Å². The van der Waals surface area contributed by atoms with Gasteiger partial charge in [0.25, 0.3) is 0 Å². The Bertz CT molecular complexity index is 238. The minimum absolute atomic E-state index is 0.532. The van der Waals surface area contributed by atoms with Gasteiger partial charge in [0.15, 0.2) is 0 Å². The average Bonchev–Trinajstić information content (AvgIpc) is 2.71. The molecule has 2 aliphatic heterocycles. The largest absolute Gasteiger partial charge is 0.480 e. The first kappa shape index (κ1) is 10.3. The fraction of sp³-hybridized carbons (Fsp3) is 0.900. The third kappa shape index (κ3) is 1.54. The lowest BCUT2D eigenvalue weighted by molar-refractivity contribution is -0.149. The minimum atomic E-state index is -0.614. The molecule has 2 atom stereocenters. The number of carbonyl (C=O) groups is 1. The Hall–Kier alpha value is -0.220. The summed E-state index contributed by atoms with van der Waals surface area (Å²) >= 11 is 1.77. The number of thioether (sulfide) groups is 1. The first-order valence-electron chi connectivity index (χ1n) is 5.21. The van der Waals surface area contributed by atoms with Crippen LogP contribution >= 0.6 is 11.8 Å². The highest BCUT2D eigenvalue weighted by molar-refractivity contribution is 7.99. The number of rotatable bonds is 2. The van der Waals surface area contributed by atoms with Crippen molar-refractivity contribution in [1.82, 2.24) is 4.90 Å². The Morgan fingerprint density at radius 3 is 2.86 bits per heavy atom. The van der Waals surface area contributed by atoms with Crippen LogP contribution in [0.15, 0.2) is 0 Å². The van der Waals surface area contributed by atoms with Crippen molar-refractivity contribution in [3.63, 3.8) is 0 Å². The summed E-state index contributed by atoms with van der Waals surface area (Å²) in [6, 6.07) is 0. The van der Waals surface area contributed by atoms with Crippen molar-refractivity contribution in [2.45, 2.75) is 25.3 Å². The topological polar surface area (TPSA) is 40.5 Å². The molecular formula is C10H17NO2S. The minimum Gasteiger partial charge on any atom is -0.480 e. The van der Waals surface area contributed by atoms with E-state index in [-0.39, 0.29) is 0 Å². The highest BCUT2D eigenvalue weighted by Crippen LogP contribution is 2.36. The van der Waals surface area contributed by atoms with Crippen molar-refractivity contribution in [2.75, 3.05) is 24.6 Å². The van der Waals surface area contributed by atoms with Gasteiger partial charge >= 0.3 is 5.97 Å². The van der Waals surface area contributed by atoms with E-state index >= 15 is 0 Å². The number of likely N-dealkylation sites (tertiary alicyclic amines) is 1. The van der Waals surface area contributed by atoms with Gasteiger partial charge in [-0.15, -0.1) is 0 Å². The van der Waals surface area contributed by atoms with Crippen LogP contribution in [0.1, 0.15) is 19.8 Å². The maximum Gasteiger partial charge on any atom is 0.325 e. The first-order chi connectivity index (χ1) is 6.65.